The standard InChI is InChI=1S/C26H19N3O5/c30-23-6-2-1-5-21(23)22-14-19(18-4-3-13-27-15-18)16-28(22)26(31)25-12-11-24(34-25)17-7-9-20(10-8-17)29(32)33/h1-13,15-16,22,30H,14H2. The maximum absolute atomic E-state index is 13.5. The molecule has 1 amide bonds. The number of nitrogens with zero attached hydrogens (tertiary/aromatic N) is 3. The van der Waals surface area contributed by atoms with Crippen molar-refractivity contribution in [3.63, 3.8) is 0 Å². The Bertz CT molecular complexity index is 1390. The lowest BCUT2D eigenvalue weighted by molar-refractivity contribution is -0.384. The molecule has 1 atom stereocenters. The van der Waals surface area contributed by atoms with Crippen LogP contribution < -0.4 is 0 Å². The van der Waals surface area contributed by atoms with Gasteiger partial charge in [0.2, 0.25) is 0 Å². The fourth-order valence-electron chi connectivity index (χ4n) is 4.07. The first kappa shape index (κ1) is 21.1. The van der Waals surface area contributed by atoms with Crippen molar-refractivity contribution < 1.29 is 19.2 Å². The molecule has 0 spiro atoms. The highest BCUT2D eigenvalue weighted by Gasteiger charge is 2.34. The van der Waals surface area contributed by atoms with Gasteiger partial charge in [0.15, 0.2) is 5.76 Å². The van der Waals surface area contributed by atoms with Crippen LogP contribution in [-0.4, -0.2) is 25.8 Å². The second kappa shape index (κ2) is 8.67. The van der Waals surface area contributed by atoms with Crippen LogP contribution >= 0.6 is 0 Å². The summed E-state index contributed by atoms with van der Waals surface area (Å²) in [7, 11) is 0. The molecule has 0 radical (unpaired) electrons. The SMILES string of the molecule is O=C(c1ccc(-c2ccc([N+](=O)[O-])cc2)o1)N1C=C(c2cccnc2)CC1c1ccccc1O. The van der Waals surface area contributed by atoms with Crippen molar-refractivity contribution in [2.75, 3.05) is 0 Å². The molecule has 1 aliphatic heterocycles. The van der Waals surface area contributed by atoms with Gasteiger partial charge < -0.3 is 14.4 Å². The molecule has 8 nitrogen and oxygen atoms in total. The second-order valence-electron chi connectivity index (χ2n) is 7.86. The highest BCUT2D eigenvalue weighted by atomic mass is 16.6. The predicted octanol–water partition coefficient (Wildman–Crippen LogP) is 5.58. The van der Waals surface area contributed by atoms with Crippen LogP contribution in [0.1, 0.15) is 34.1 Å². The number of rotatable bonds is 5. The van der Waals surface area contributed by atoms with E-state index in [4.69, 9.17) is 4.42 Å². The average molecular weight is 453 g/mol. The van der Waals surface area contributed by atoms with Gasteiger partial charge in [-0.25, -0.2) is 0 Å². The summed E-state index contributed by atoms with van der Waals surface area (Å²) >= 11 is 0. The minimum absolute atomic E-state index is 0.0257. The lowest BCUT2D eigenvalue weighted by Gasteiger charge is -2.24. The number of furan rings is 1. The van der Waals surface area contributed by atoms with Crippen LogP contribution in [0.5, 0.6) is 5.75 Å². The number of non-ortho nitro benzene ring substituents is 1. The van der Waals surface area contributed by atoms with E-state index >= 15 is 0 Å². The third kappa shape index (κ3) is 3.93. The molecule has 1 aliphatic rings. The number of phenols is 1. The van der Waals surface area contributed by atoms with Crippen LogP contribution in [-0.2, 0) is 0 Å². The normalized spacial score (nSPS) is 15.2. The molecule has 34 heavy (non-hydrogen) atoms. The molecule has 1 unspecified atom stereocenters. The first-order valence-electron chi connectivity index (χ1n) is 10.6. The topological polar surface area (TPSA) is 110 Å². The molecular weight excluding hydrogens is 434 g/mol. The molecule has 1 N–H and O–H groups in total. The maximum Gasteiger partial charge on any atom is 0.294 e. The molecule has 2 aromatic carbocycles. The Hall–Kier alpha value is -4.72. The van der Waals surface area contributed by atoms with Crippen LogP contribution in [0.15, 0.2) is 95.8 Å². The summed E-state index contributed by atoms with van der Waals surface area (Å²) in [5.74, 6) is 0.294. The van der Waals surface area contributed by atoms with Crippen molar-refractivity contribution in [1.82, 2.24) is 9.88 Å². The number of nitro groups is 1. The number of aromatic nitrogens is 1. The summed E-state index contributed by atoms with van der Waals surface area (Å²) in [6.45, 7) is 0. The number of hydrogen-bond donors (Lipinski definition) is 1. The summed E-state index contributed by atoms with van der Waals surface area (Å²) in [4.78, 5) is 29.7. The van der Waals surface area contributed by atoms with Gasteiger partial charge in [-0.05, 0) is 54.0 Å². The molecular formula is C26H19N3O5. The van der Waals surface area contributed by atoms with E-state index < -0.39 is 11.0 Å². The summed E-state index contributed by atoms with van der Waals surface area (Å²) < 4.78 is 5.83. The Kier molecular flexibility index (Phi) is 5.39. The molecule has 4 aromatic rings. The van der Waals surface area contributed by atoms with Gasteiger partial charge in [-0.3, -0.25) is 19.9 Å². The van der Waals surface area contributed by atoms with E-state index in [1.54, 1.807) is 66.0 Å². The van der Waals surface area contributed by atoms with E-state index in [1.165, 1.54) is 12.1 Å². The number of carbonyl (C=O) groups is 1. The van der Waals surface area contributed by atoms with Gasteiger partial charge in [-0.15, -0.1) is 0 Å². The van der Waals surface area contributed by atoms with Crippen LogP contribution in [0.25, 0.3) is 16.9 Å². The maximum atomic E-state index is 13.5. The number of hydrogen-bond acceptors (Lipinski definition) is 6. The van der Waals surface area contributed by atoms with E-state index in [2.05, 4.69) is 4.98 Å². The fourth-order valence-corrected chi connectivity index (χ4v) is 4.07. The molecule has 0 bridgehead atoms. The predicted molar refractivity (Wildman–Crippen MR) is 125 cm³/mol. The van der Waals surface area contributed by atoms with Gasteiger partial charge in [-0.2, -0.15) is 0 Å². The molecule has 2 aromatic heterocycles. The minimum Gasteiger partial charge on any atom is -0.508 e. The number of para-hydroxylation sites is 1. The zero-order chi connectivity index (χ0) is 23.7. The Morgan fingerprint density at radius 3 is 2.53 bits per heavy atom. The molecule has 8 heteroatoms. The molecule has 168 valence electrons. The fraction of sp³-hybridized carbons (Fsp3) is 0.0769. The van der Waals surface area contributed by atoms with Crippen LogP contribution in [0.2, 0.25) is 0 Å². The van der Waals surface area contributed by atoms with E-state index in [1.807, 2.05) is 18.2 Å². The quantitative estimate of drug-likeness (QED) is 0.312. The number of pyridine rings is 1. The summed E-state index contributed by atoms with van der Waals surface area (Å²) in [6, 6.07) is 19.4. The Balaban J connectivity index is 1.48. The molecule has 0 saturated carbocycles. The number of aromatic hydroxyl groups is 1. The Morgan fingerprint density at radius 2 is 1.82 bits per heavy atom. The second-order valence-corrected chi connectivity index (χ2v) is 7.86. The minimum atomic E-state index is -0.473. The van der Waals surface area contributed by atoms with Crippen molar-refractivity contribution in [3.05, 3.63) is 118 Å². The lowest BCUT2D eigenvalue weighted by atomic mass is 9.98. The van der Waals surface area contributed by atoms with E-state index in [-0.39, 0.29) is 23.1 Å². The van der Waals surface area contributed by atoms with Crippen molar-refractivity contribution in [1.29, 1.82) is 0 Å². The van der Waals surface area contributed by atoms with Crippen molar-refractivity contribution >= 4 is 17.2 Å². The number of nitro benzene ring substituents is 1. The van der Waals surface area contributed by atoms with Gasteiger partial charge in [0, 0.05) is 41.9 Å². The van der Waals surface area contributed by atoms with Gasteiger partial charge in [0.1, 0.15) is 11.5 Å². The third-order valence-electron chi connectivity index (χ3n) is 5.79. The molecule has 0 aliphatic carbocycles. The number of phenolic OH excluding ortho intramolecular Hbond substituents is 1. The van der Waals surface area contributed by atoms with Gasteiger partial charge in [0.05, 0.1) is 11.0 Å². The lowest BCUT2D eigenvalue weighted by Crippen LogP contribution is -2.27. The van der Waals surface area contributed by atoms with Crippen LogP contribution in [0.3, 0.4) is 0 Å². The largest absolute Gasteiger partial charge is 0.508 e. The molecule has 0 fully saturated rings. The zero-order valence-electron chi connectivity index (χ0n) is 17.9. The Labute approximate surface area is 194 Å². The number of carbonyl (C=O) groups excluding carboxylic acids is 1. The monoisotopic (exact) mass is 453 g/mol. The van der Waals surface area contributed by atoms with Gasteiger partial charge in [-0.1, -0.05) is 24.3 Å². The van der Waals surface area contributed by atoms with Crippen molar-refractivity contribution in [2.24, 2.45) is 0 Å². The van der Waals surface area contributed by atoms with E-state index in [0.29, 0.717) is 23.3 Å². The van der Waals surface area contributed by atoms with E-state index in [0.717, 1.165) is 11.1 Å². The van der Waals surface area contributed by atoms with Crippen molar-refractivity contribution in [2.45, 2.75) is 12.5 Å². The summed E-state index contributed by atoms with van der Waals surface area (Å²) in [5, 5.41) is 21.4. The average Bonchev–Trinajstić information content (AvgIpc) is 3.53. The highest BCUT2D eigenvalue weighted by molar-refractivity contribution is 5.95. The summed E-state index contributed by atoms with van der Waals surface area (Å²) in [5.41, 5.74) is 3.03. The summed E-state index contributed by atoms with van der Waals surface area (Å²) in [6.07, 6.45) is 5.70. The van der Waals surface area contributed by atoms with Gasteiger partial charge >= 0.3 is 0 Å². The molecule has 0 saturated heterocycles. The Morgan fingerprint density at radius 1 is 1.03 bits per heavy atom. The zero-order valence-corrected chi connectivity index (χ0v) is 17.9. The van der Waals surface area contributed by atoms with E-state index in [9.17, 15) is 20.0 Å². The number of benzene rings is 2. The molecule has 5 rings (SSSR count). The third-order valence-corrected chi connectivity index (χ3v) is 5.79. The van der Waals surface area contributed by atoms with Crippen molar-refractivity contribution in [3.8, 4) is 17.1 Å². The van der Waals surface area contributed by atoms with Crippen LogP contribution in [0.4, 0.5) is 5.69 Å². The van der Waals surface area contributed by atoms with Crippen LogP contribution in [0, 0.1) is 10.1 Å². The first-order chi connectivity index (χ1) is 16.5. The molecule has 3 heterocycles. The highest BCUT2D eigenvalue weighted by Crippen LogP contribution is 2.42. The van der Waals surface area contributed by atoms with Gasteiger partial charge in [0.25, 0.3) is 11.6 Å². The smallest absolute Gasteiger partial charge is 0.294 e. The first-order valence-corrected chi connectivity index (χ1v) is 10.6. The number of amides is 1.